The van der Waals surface area contributed by atoms with E-state index in [0.717, 1.165) is 5.56 Å². The van der Waals surface area contributed by atoms with Crippen molar-refractivity contribution in [3.05, 3.63) is 47.1 Å². The van der Waals surface area contributed by atoms with Crippen LogP contribution in [0, 0.1) is 6.92 Å². The molecule has 2 aromatic heterocycles. The average Bonchev–Trinajstić information content (AvgIpc) is 2.73. The quantitative estimate of drug-likeness (QED) is 0.661. The fraction of sp³-hybridized carbons (Fsp3) is 0.0833. The lowest BCUT2D eigenvalue weighted by Crippen LogP contribution is -1.94. The smallest absolute Gasteiger partial charge is 0.185 e. The molecular weight excluding hydrogens is 236 g/mol. The molecule has 0 saturated heterocycles. The highest BCUT2D eigenvalue weighted by molar-refractivity contribution is 6.29. The van der Waals surface area contributed by atoms with Crippen molar-refractivity contribution in [2.24, 2.45) is 0 Å². The Morgan fingerprint density at radius 1 is 1.00 bits per heavy atom. The van der Waals surface area contributed by atoms with E-state index >= 15 is 0 Å². The number of aromatic nitrogens is 4. The molecule has 0 spiro atoms. The van der Waals surface area contributed by atoms with E-state index in [0.29, 0.717) is 16.6 Å². The molecule has 0 aliphatic rings. The Bertz CT molecular complexity index is 673. The van der Waals surface area contributed by atoms with Crippen molar-refractivity contribution in [3.8, 4) is 11.4 Å². The van der Waals surface area contributed by atoms with E-state index in [-0.39, 0.29) is 0 Å². The molecule has 3 aromatic rings. The number of fused-ring (bicyclic) bond motifs is 1. The monoisotopic (exact) mass is 244 g/mol. The molecule has 3 rings (SSSR count). The summed E-state index contributed by atoms with van der Waals surface area (Å²) in [5, 5.41) is 12.8. The van der Waals surface area contributed by atoms with Gasteiger partial charge in [-0.25, -0.2) is 0 Å². The normalized spacial score (nSPS) is 10.9. The van der Waals surface area contributed by atoms with Gasteiger partial charge in [0.1, 0.15) is 5.15 Å². The van der Waals surface area contributed by atoms with Gasteiger partial charge in [0.15, 0.2) is 11.5 Å². The molecule has 0 unspecified atom stereocenters. The van der Waals surface area contributed by atoms with Crippen molar-refractivity contribution < 1.29 is 0 Å². The highest BCUT2D eigenvalue weighted by Crippen LogP contribution is 2.18. The lowest BCUT2D eigenvalue weighted by molar-refractivity contribution is 0.936. The Morgan fingerprint density at radius 3 is 2.53 bits per heavy atom. The maximum Gasteiger partial charge on any atom is 0.185 e. The van der Waals surface area contributed by atoms with Crippen molar-refractivity contribution in [1.29, 1.82) is 0 Å². The number of aryl methyl sites for hydroxylation is 1. The van der Waals surface area contributed by atoms with E-state index in [2.05, 4.69) is 15.3 Å². The van der Waals surface area contributed by atoms with Gasteiger partial charge in [-0.1, -0.05) is 41.4 Å². The average molecular weight is 245 g/mol. The molecule has 0 N–H and O–H groups in total. The van der Waals surface area contributed by atoms with Gasteiger partial charge in [0.2, 0.25) is 0 Å². The summed E-state index contributed by atoms with van der Waals surface area (Å²) in [6.45, 7) is 2.04. The molecule has 4 nitrogen and oxygen atoms in total. The van der Waals surface area contributed by atoms with Crippen LogP contribution >= 0.6 is 11.6 Å². The first kappa shape index (κ1) is 10.2. The van der Waals surface area contributed by atoms with Crippen LogP contribution in [0.25, 0.3) is 17.0 Å². The van der Waals surface area contributed by atoms with Gasteiger partial charge in [0.25, 0.3) is 0 Å². The molecule has 0 bridgehead atoms. The topological polar surface area (TPSA) is 43.1 Å². The standard InChI is InChI=1S/C12H9ClN4/c1-8-2-4-9(5-3-8)12-15-14-11-7-6-10(13)16-17(11)12/h2-7H,1H3. The van der Waals surface area contributed by atoms with Crippen molar-refractivity contribution in [1.82, 2.24) is 19.8 Å². The van der Waals surface area contributed by atoms with Crippen LogP contribution in [-0.2, 0) is 0 Å². The Kier molecular flexibility index (Phi) is 2.30. The van der Waals surface area contributed by atoms with Crippen molar-refractivity contribution >= 4 is 17.2 Å². The maximum absolute atomic E-state index is 5.87. The molecule has 0 aliphatic heterocycles. The van der Waals surface area contributed by atoms with Gasteiger partial charge in [-0.3, -0.25) is 0 Å². The second kappa shape index (κ2) is 3.82. The largest absolute Gasteiger partial charge is 0.191 e. The lowest BCUT2D eigenvalue weighted by Gasteiger charge is -1.99. The Morgan fingerprint density at radius 2 is 1.76 bits per heavy atom. The van der Waals surface area contributed by atoms with Crippen LogP contribution in [0.1, 0.15) is 5.56 Å². The van der Waals surface area contributed by atoms with Crippen LogP contribution in [0.5, 0.6) is 0 Å². The first-order valence-corrected chi connectivity index (χ1v) is 5.57. The van der Waals surface area contributed by atoms with Gasteiger partial charge in [-0.2, -0.15) is 9.61 Å². The van der Waals surface area contributed by atoms with E-state index in [4.69, 9.17) is 11.6 Å². The van der Waals surface area contributed by atoms with Crippen molar-refractivity contribution in [2.75, 3.05) is 0 Å². The third-order valence-electron chi connectivity index (χ3n) is 2.54. The van der Waals surface area contributed by atoms with E-state index in [1.165, 1.54) is 5.56 Å². The van der Waals surface area contributed by atoms with Crippen LogP contribution in [0.3, 0.4) is 0 Å². The van der Waals surface area contributed by atoms with Gasteiger partial charge in [-0.15, -0.1) is 10.2 Å². The first-order valence-electron chi connectivity index (χ1n) is 5.19. The Labute approximate surface area is 103 Å². The molecule has 0 amide bonds. The molecule has 0 atom stereocenters. The van der Waals surface area contributed by atoms with E-state index in [9.17, 15) is 0 Å². The Hall–Kier alpha value is -1.94. The summed E-state index contributed by atoms with van der Waals surface area (Å²) in [4.78, 5) is 0. The van der Waals surface area contributed by atoms with Crippen LogP contribution in [0.15, 0.2) is 36.4 Å². The molecule has 84 valence electrons. The second-order valence-corrected chi connectivity index (χ2v) is 4.20. The van der Waals surface area contributed by atoms with Crippen LogP contribution in [-0.4, -0.2) is 19.8 Å². The molecule has 0 fully saturated rings. The summed E-state index contributed by atoms with van der Waals surface area (Å²) < 4.78 is 1.65. The van der Waals surface area contributed by atoms with Gasteiger partial charge >= 0.3 is 0 Å². The summed E-state index contributed by atoms with van der Waals surface area (Å²) in [7, 11) is 0. The molecule has 5 heteroatoms. The minimum absolute atomic E-state index is 0.422. The van der Waals surface area contributed by atoms with Crippen LogP contribution in [0.2, 0.25) is 5.15 Å². The molecule has 2 heterocycles. The summed E-state index contributed by atoms with van der Waals surface area (Å²) in [6.07, 6.45) is 0. The summed E-state index contributed by atoms with van der Waals surface area (Å²) in [5.74, 6) is 0.697. The van der Waals surface area contributed by atoms with Crippen LogP contribution in [0.4, 0.5) is 0 Å². The Balaban J connectivity index is 2.23. The number of hydrogen-bond donors (Lipinski definition) is 0. The summed E-state index contributed by atoms with van der Waals surface area (Å²) in [5.41, 5.74) is 2.86. The second-order valence-electron chi connectivity index (χ2n) is 3.82. The third kappa shape index (κ3) is 1.76. The maximum atomic E-state index is 5.87. The summed E-state index contributed by atoms with van der Waals surface area (Å²) in [6, 6.07) is 11.5. The predicted molar refractivity (Wildman–Crippen MR) is 66.0 cm³/mol. The van der Waals surface area contributed by atoms with E-state index in [1.807, 2.05) is 31.2 Å². The fourth-order valence-electron chi connectivity index (χ4n) is 1.65. The van der Waals surface area contributed by atoms with Crippen molar-refractivity contribution in [3.63, 3.8) is 0 Å². The number of hydrogen-bond acceptors (Lipinski definition) is 3. The van der Waals surface area contributed by atoms with Gasteiger partial charge in [0.05, 0.1) is 0 Å². The minimum atomic E-state index is 0.422. The van der Waals surface area contributed by atoms with Gasteiger partial charge in [0, 0.05) is 5.56 Å². The molecule has 17 heavy (non-hydrogen) atoms. The van der Waals surface area contributed by atoms with Gasteiger partial charge in [-0.05, 0) is 19.1 Å². The molecule has 0 aliphatic carbocycles. The molecule has 1 aromatic carbocycles. The molecule has 0 saturated carbocycles. The first-order chi connectivity index (χ1) is 8.24. The zero-order chi connectivity index (χ0) is 11.8. The SMILES string of the molecule is Cc1ccc(-c2nnc3ccc(Cl)nn23)cc1. The zero-order valence-electron chi connectivity index (χ0n) is 9.13. The third-order valence-corrected chi connectivity index (χ3v) is 2.74. The number of nitrogens with zero attached hydrogens (tertiary/aromatic N) is 4. The highest BCUT2D eigenvalue weighted by Gasteiger charge is 2.08. The fourth-order valence-corrected chi connectivity index (χ4v) is 1.79. The van der Waals surface area contributed by atoms with Gasteiger partial charge < -0.3 is 0 Å². The highest BCUT2D eigenvalue weighted by atomic mass is 35.5. The number of rotatable bonds is 1. The minimum Gasteiger partial charge on any atom is -0.191 e. The molecule has 0 radical (unpaired) electrons. The van der Waals surface area contributed by atoms with E-state index < -0.39 is 0 Å². The predicted octanol–water partition coefficient (Wildman–Crippen LogP) is 2.75. The summed E-state index contributed by atoms with van der Waals surface area (Å²) >= 11 is 5.87. The molecular formula is C12H9ClN4. The van der Waals surface area contributed by atoms with E-state index in [1.54, 1.807) is 16.6 Å². The number of halogens is 1. The van der Waals surface area contributed by atoms with Crippen molar-refractivity contribution in [2.45, 2.75) is 6.92 Å². The van der Waals surface area contributed by atoms with Crippen LogP contribution < -0.4 is 0 Å². The number of benzene rings is 1. The zero-order valence-corrected chi connectivity index (χ0v) is 9.89. The lowest BCUT2D eigenvalue weighted by atomic mass is 10.1.